The van der Waals surface area contributed by atoms with E-state index in [1.54, 1.807) is 0 Å². The molecule has 2 aliphatic heterocycles. The van der Waals surface area contributed by atoms with E-state index in [0.29, 0.717) is 24.4 Å². The van der Waals surface area contributed by atoms with Crippen LogP contribution >= 0.6 is 0 Å². The van der Waals surface area contributed by atoms with E-state index >= 15 is 0 Å². The van der Waals surface area contributed by atoms with Crippen LogP contribution in [0.1, 0.15) is 46.0 Å². The fourth-order valence-corrected chi connectivity index (χ4v) is 4.74. The maximum Gasteiger partial charge on any atom is 0.108 e. The molecule has 0 bridgehead atoms. The summed E-state index contributed by atoms with van der Waals surface area (Å²) in [4.78, 5) is 2.11. The second kappa shape index (κ2) is 6.02. The van der Waals surface area contributed by atoms with Crippen molar-refractivity contribution in [1.82, 2.24) is 4.90 Å². The Bertz CT molecular complexity index is 380. The van der Waals surface area contributed by atoms with Crippen molar-refractivity contribution in [1.29, 1.82) is 0 Å². The summed E-state index contributed by atoms with van der Waals surface area (Å²) in [6, 6.07) is 0. The highest BCUT2D eigenvalue weighted by molar-refractivity contribution is 4.96. The number of likely N-dealkylation sites (tertiary alicyclic amines) is 1. The molecule has 0 unspecified atom stereocenters. The second-order valence-corrected chi connectivity index (χ2v) is 8.51. The first kappa shape index (κ1) is 16.7. The molecular weight excluding hydrogens is 282 g/mol. The number of rotatable bonds is 2. The van der Waals surface area contributed by atoms with E-state index < -0.39 is 18.3 Å². The van der Waals surface area contributed by atoms with Crippen molar-refractivity contribution < 1.29 is 20.1 Å². The third-order valence-corrected chi connectivity index (χ3v) is 5.93. The van der Waals surface area contributed by atoms with Gasteiger partial charge in [0.15, 0.2) is 0 Å². The molecule has 0 aromatic heterocycles. The van der Waals surface area contributed by atoms with Crippen molar-refractivity contribution >= 4 is 0 Å². The number of ether oxygens (including phenoxy) is 1. The van der Waals surface area contributed by atoms with Gasteiger partial charge in [-0.1, -0.05) is 0 Å². The van der Waals surface area contributed by atoms with Gasteiger partial charge in [-0.15, -0.1) is 0 Å². The van der Waals surface area contributed by atoms with E-state index in [-0.39, 0.29) is 5.60 Å². The van der Waals surface area contributed by atoms with Gasteiger partial charge in [0.1, 0.15) is 6.10 Å². The van der Waals surface area contributed by atoms with Gasteiger partial charge in [0.2, 0.25) is 0 Å². The van der Waals surface area contributed by atoms with Crippen molar-refractivity contribution in [3.8, 4) is 0 Å². The fraction of sp³-hybridized carbons (Fsp3) is 1.00. The van der Waals surface area contributed by atoms with Crippen molar-refractivity contribution in [3.05, 3.63) is 0 Å². The predicted octanol–water partition coefficient (Wildman–Crippen LogP) is 0.760. The van der Waals surface area contributed by atoms with Crippen LogP contribution in [0.4, 0.5) is 0 Å². The van der Waals surface area contributed by atoms with E-state index in [0.717, 1.165) is 13.2 Å². The molecule has 0 aromatic carbocycles. The van der Waals surface area contributed by atoms with Crippen molar-refractivity contribution in [2.75, 3.05) is 26.2 Å². The van der Waals surface area contributed by atoms with Gasteiger partial charge in [-0.2, -0.15) is 0 Å². The molecule has 3 fully saturated rings. The molecule has 3 aliphatic rings. The van der Waals surface area contributed by atoms with Crippen molar-refractivity contribution in [3.63, 3.8) is 0 Å². The third-order valence-electron chi connectivity index (χ3n) is 5.93. The molecule has 0 radical (unpaired) electrons. The predicted molar refractivity (Wildman–Crippen MR) is 83.5 cm³/mol. The molecule has 1 spiro atoms. The van der Waals surface area contributed by atoms with Crippen LogP contribution in [-0.2, 0) is 4.74 Å². The molecule has 5 heteroatoms. The number of hydrogen-bond donors (Lipinski definition) is 3. The third kappa shape index (κ3) is 3.49. The van der Waals surface area contributed by atoms with Crippen LogP contribution in [0.25, 0.3) is 0 Å². The first-order valence-corrected chi connectivity index (χ1v) is 8.69. The normalized spacial score (nSPS) is 46.2. The highest BCUT2D eigenvalue weighted by atomic mass is 16.5. The Morgan fingerprint density at radius 3 is 2.14 bits per heavy atom. The Balaban J connectivity index is 1.48. The molecule has 1 aliphatic carbocycles. The van der Waals surface area contributed by atoms with Crippen LogP contribution in [0.5, 0.6) is 0 Å². The van der Waals surface area contributed by atoms with E-state index in [1.165, 1.54) is 32.1 Å². The summed E-state index contributed by atoms with van der Waals surface area (Å²) in [7, 11) is 0. The average molecular weight is 313 g/mol. The molecule has 3 rings (SSSR count). The molecule has 5 nitrogen and oxygen atoms in total. The average Bonchev–Trinajstić information content (AvgIpc) is 2.74. The van der Waals surface area contributed by atoms with E-state index in [4.69, 9.17) is 4.74 Å². The lowest BCUT2D eigenvalue weighted by atomic mass is 9.68. The molecule has 2 saturated heterocycles. The Morgan fingerprint density at radius 2 is 1.64 bits per heavy atom. The van der Waals surface area contributed by atoms with Gasteiger partial charge >= 0.3 is 0 Å². The molecule has 128 valence electrons. The van der Waals surface area contributed by atoms with Crippen LogP contribution in [0, 0.1) is 11.3 Å². The van der Waals surface area contributed by atoms with E-state index in [2.05, 4.69) is 18.7 Å². The standard InChI is InChI=1S/C17H31NO4/c1-16(2)10-17(11-22-16)5-3-12(4-6-17)7-18-8-13(19)15(21)14(20)9-18/h12-15,19-21H,3-11H2,1-2H3/t12-,13-,14+,15+,17+. The number of piperidine rings is 1. The van der Waals surface area contributed by atoms with E-state index in [1.807, 2.05) is 0 Å². The van der Waals surface area contributed by atoms with Crippen molar-refractivity contribution in [2.24, 2.45) is 11.3 Å². The van der Waals surface area contributed by atoms with Crippen LogP contribution < -0.4 is 0 Å². The first-order chi connectivity index (χ1) is 10.3. The van der Waals surface area contributed by atoms with Gasteiger partial charge in [-0.05, 0) is 57.3 Å². The summed E-state index contributed by atoms with van der Waals surface area (Å²) in [5, 5.41) is 29.2. The fourth-order valence-electron chi connectivity index (χ4n) is 4.74. The molecule has 0 amide bonds. The number of hydrogen-bond acceptors (Lipinski definition) is 5. The van der Waals surface area contributed by atoms with Gasteiger partial charge in [0.25, 0.3) is 0 Å². The monoisotopic (exact) mass is 313 g/mol. The maximum atomic E-state index is 9.80. The van der Waals surface area contributed by atoms with Gasteiger partial charge in [-0.25, -0.2) is 0 Å². The summed E-state index contributed by atoms with van der Waals surface area (Å²) in [6.07, 6.45) is 3.36. The molecule has 1 saturated carbocycles. The minimum Gasteiger partial charge on any atom is -0.389 e. The van der Waals surface area contributed by atoms with Gasteiger partial charge in [0.05, 0.1) is 24.4 Å². The summed E-state index contributed by atoms with van der Waals surface area (Å²) in [5.74, 6) is 0.629. The minimum absolute atomic E-state index is 0.0318. The lowest BCUT2D eigenvalue weighted by Crippen LogP contribution is -2.56. The van der Waals surface area contributed by atoms with Crippen LogP contribution in [0.2, 0.25) is 0 Å². The molecule has 2 heterocycles. The highest BCUT2D eigenvalue weighted by Gasteiger charge is 2.46. The first-order valence-electron chi connectivity index (χ1n) is 8.69. The summed E-state index contributed by atoms with van der Waals surface area (Å²) < 4.78 is 5.95. The topological polar surface area (TPSA) is 73.2 Å². The molecule has 22 heavy (non-hydrogen) atoms. The Labute approximate surface area is 133 Å². The number of aliphatic hydroxyl groups is 3. The number of nitrogens with zero attached hydrogens (tertiary/aromatic N) is 1. The lowest BCUT2D eigenvalue weighted by Gasteiger charge is -2.41. The van der Waals surface area contributed by atoms with Crippen LogP contribution in [0.3, 0.4) is 0 Å². The van der Waals surface area contributed by atoms with Gasteiger partial charge < -0.3 is 20.1 Å². The Kier molecular flexibility index (Phi) is 4.56. The number of β-amino-alcohol motifs (C(OH)–C–C–N with tert-alkyl or cyclic N) is 2. The lowest BCUT2D eigenvalue weighted by molar-refractivity contribution is -0.113. The molecule has 3 N–H and O–H groups in total. The molecule has 3 atom stereocenters. The zero-order valence-corrected chi connectivity index (χ0v) is 13.9. The van der Waals surface area contributed by atoms with Gasteiger partial charge in [0, 0.05) is 19.6 Å². The SMILES string of the molecule is CC1(C)C[C@]2(CC[C@H](CN3C[C@@H](O)[C@H](O)[C@@H](O)C3)CC2)CO1. The van der Waals surface area contributed by atoms with Crippen LogP contribution in [-0.4, -0.2) is 70.4 Å². The van der Waals surface area contributed by atoms with Gasteiger partial charge in [-0.3, -0.25) is 4.90 Å². The summed E-state index contributed by atoms with van der Waals surface area (Å²) in [5.41, 5.74) is 0.418. The second-order valence-electron chi connectivity index (χ2n) is 8.51. The minimum atomic E-state index is -0.997. The Morgan fingerprint density at radius 1 is 1.05 bits per heavy atom. The summed E-state index contributed by atoms with van der Waals surface area (Å²) >= 11 is 0. The number of aliphatic hydroxyl groups excluding tert-OH is 3. The quantitative estimate of drug-likeness (QED) is 0.702. The largest absolute Gasteiger partial charge is 0.389 e. The zero-order valence-electron chi connectivity index (χ0n) is 13.9. The zero-order chi connectivity index (χ0) is 16.0. The van der Waals surface area contributed by atoms with E-state index in [9.17, 15) is 15.3 Å². The molecule has 0 aromatic rings. The van der Waals surface area contributed by atoms with Crippen molar-refractivity contribution in [2.45, 2.75) is 69.9 Å². The highest BCUT2D eigenvalue weighted by Crippen LogP contribution is 2.50. The van der Waals surface area contributed by atoms with Crippen LogP contribution in [0.15, 0.2) is 0 Å². The maximum absolute atomic E-state index is 9.80. The Hall–Kier alpha value is -0.200. The molecular formula is C17H31NO4. The summed E-state index contributed by atoms with van der Waals surface area (Å²) in [6.45, 7) is 7.14. The smallest absolute Gasteiger partial charge is 0.108 e.